The minimum atomic E-state index is -0.200. The molecule has 0 aliphatic carbocycles. The molecule has 84 valence electrons. The van der Waals surface area contributed by atoms with E-state index in [1.165, 1.54) is 0 Å². The topological polar surface area (TPSA) is 55.6 Å². The smallest absolute Gasteiger partial charge is 0.410 e. The van der Waals surface area contributed by atoms with Gasteiger partial charge < -0.3 is 15.4 Å². The van der Waals surface area contributed by atoms with Crippen LogP contribution in [0.4, 0.5) is 4.79 Å². The van der Waals surface area contributed by atoms with Crippen LogP contribution in [-0.2, 0) is 4.74 Å². The van der Waals surface area contributed by atoms with Crippen molar-refractivity contribution in [1.29, 1.82) is 0 Å². The molecule has 2 N–H and O–H groups in total. The fourth-order valence-corrected chi connectivity index (χ4v) is 2.72. The van der Waals surface area contributed by atoms with E-state index in [1.54, 1.807) is 6.08 Å². The van der Waals surface area contributed by atoms with Crippen LogP contribution >= 0.6 is 0 Å². The minimum Gasteiger partial charge on any atom is -0.445 e. The van der Waals surface area contributed by atoms with Crippen molar-refractivity contribution in [3.63, 3.8) is 0 Å². The SMILES string of the molecule is C=CCOC(=O)N1[C@@H]2CC[C@H]1C[C@H](N)C2. The number of nitrogens with zero attached hydrogens (tertiary/aromatic N) is 1. The molecule has 0 saturated carbocycles. The van der Waals surface area contributed by atoms with Gasteiger partial charge in [-0.1, -0.05) is 12.7 Å². The second-order valence-electron chi connectivity index (χ2n) is 4.39. The van der Waals surface area contributed by atoms with Crippen molar-refractivity contribution < 1.29 is 9.53 Å². The zero-order valence-electron chi connectivity index (χ0n) is 8.89. The van der Waals surface area contributed by atoms with E-state index >= 15 is 0 Å². The van der Waals surface area contributed by atoms with Gasteiger partial charge in [0, 0.05) is 18.1 Å². The van der Waals surface area contributed by atoms with E-state index < -0.39 is 0 Å². The van der Waals surface area contributed by atoms with Gasteiger partial charge in [0.1, 0.15) is 6.61 Å². The van der Waals surface area contributed by atoms with Crippen LogP contribution in [0.15, 0.2) is 12.7 Å². The molecular weight excluding hydrogens is 192 g/mol. The summed E-state index contributed by atoms with van der Waals surface area (Å²) in [6.07, 6.45) is 5.37. The van der Waals surface area contributed by atoms with Gasteiger partial charge in [-0.15, -0.1) is 0 Å². The van der Waals surface area contributed by atoms with Crippen LogP contribution in [0.1, 0.15) is 25.7 Å². The first-order valence-corrected chi connectivity index (χ1v) is 5.54. The highest BCUT2D eigenvalue weighted by Crippen LogP contribution is 2.35. The Morgan fingerprint density at radius 2 is 2.07 bits per heavy atom. The molecule has 2 aliphatic heterocycles. The molecule has 4 heteroatoms. The van der Waals surface area contributed by atoms with E-state index in [1.807, 2.05) is 4.90 Å². The third-order valence-corrected chi connectivity index (χ3v) is 3.31. The number of amides is 1. The maximum Gasteiger partial charge on any atom is 0.410 e. The number of piperidine rings is 1. The molecule has 2 bridgehead atoms. The van der Waals surface area contributed by atoms with Gasteiger partial charge in [0.25, 0.3) is 0 Å². The normalized spacial score (nSPS) is 33.9. The Morgan fingerprint density at radius 1 is 1.47 bits per heavy atom. The van der Waals surface area contributed by atoms with Crippen molar-refractivity contribution in [2.75, 3.05) is 6.61 Å². The summed E-state index contributed by atoms with van der Waals surface area (Å²) in [5, 5.41) is 0. The van der Waals surface area contributed by atoms with Crippen molar-refractivity contribution in [1.82, 2.24) is 4.90 Å². The van der Waals surface area contributed by atoms with Gasteiger partial charge in [-0.25, -0.2) is 4.79 Å². The summed E-state index contributed by atoms with van der Waals surface area (Å²) >= 11 is 0. The molecule has 0 unspecified atom stereocenters. The molecule has 0 aromatic heterocycles. The number of hydrogen-bond acceptors (Lipinski definition) is 3. The van der Waals surface area contributed by atoms with Crippen molar-refractivity contribution in [3.8, 4) is 0 Å². The van der Waals surface area contributed by atoms with Crippen LogP contribution < -0.4 is 5.73 Å². The standard InChI is InChI=1S/C11H18N2O2/c1-2-5-15-11(14)13-9-3-4-10(13)7-8(12)6-9/h2,8-10H,1,3-7,12H2/t8-,9-,10+. The lowest BCUT2D eigenvalue weighted by Gasteiger charge is -2.36. The highest BCUT2D eigenvalue weighted by Gasteiger charge is 2.42. The van der Waals surface area contributed by atoms with Crippen LogP contribution in [0.2, 0.25) is 0 Å². The average Bonchev–Trinajstić information content (AvgIpc) is 2.48. The van der Waals surface area contributed by atoms with Gasteiger partial charge in [0.15, 0.2) is 0 Å². The van der Waals surface area contributed by atoms with Crippen LogP contribution in [-0.4, -0.2) is 35.7 Å². The quantitative estimate of drug-likeness (QED) is 0.698. The fraction of sp³-hybridized carbons (Fsp3) is 0.727. The van der Waals surface area contributed by atoms with Crippen LogP contribution in [0.5, 0.6) is 0 Å². The summed E-state index contributed by atoms with van der Waals surface area (Å²) in [7, 11) is 0. The summed E-state index contributed by atoms with van der Waals surface area (Å²) in [6.45, 7) is 3.82. The molecule has 0 spiro atoms. The molecule has 4 nitrogen and oxygen atoms in total. The Morgan fingerprint density at radius 3 is 2.60 bits per heavy atom. The second-order valence-corrected chi connectivity index (χ2v) is 4.39. The van der Waals surface area contributed by atoms with Crippen molar-refractivity contribution in [2.24, 2.45) is 5.73 Å². The summed E-state index contributed by atoms with van der Waals surface area (Å²) < 4.78 is 5.07. The summed E-state index contributed by atoms with van der Waals surface area (Å²) in [6, 6.07) is 0.859. The number of carbonyl (C=O) groups excluding carboxylic acids is 1. The lowest BCUT2D eigenvalue weighted by atomic mass is 9.99. The lowest BCUT2D eigenvalue weighted by molar-refractivity contribution is 0.0733. The van der Waals surface area contributed by atoms with Crippen molar-refractivity contribution in [2.45, 2.75) is 43.8 Å². The zero-order chi connectivity index (χ0) is 10.8. The molecule has 2 rings (SSSR count). The molecule has 0 aromatic rings. The Labute approximate surface area is 90.1 Å². The molecule has 0 aromatic carbocycles. The number of fused-ring (bicyclic) bond motifs is 2. The van der Waals surface area contributed by atoms with Gasteiger partial charge in [0.2, 0.25) is 0 Å². The second kappa shape index (κ2) is 4.23. The Balaban J connectivity index is 1.98. The van der Waals surface area contributed by atoms with Gasteiger partial charge in [-0.05, 0) is 25.7 Å². The monoisotopic (exact) mass is 210 g/mol. The van der Waals surface area contributed by atoms with Crippen molar-refractivity contribution in [3.05, 3.63) is 12.7 Å². The molecule has 1 amide bonds. The summed E-state index contributed by atoms with van der Waals surface area (Å²) in [5.41, 5.74) is 5.92. The highest BCUT2D eigenvalue weighted by atomic mass is 16.6. The van der Waals surface area contributed by atoms with E-state index in [9.17, 15) is 4.79 Å². The molecular formula is C11H18N2O2. The minimum absolute atomic E-state index is 0.200. The highest BCUT2D eigenvalue weighted by molar-refractivity contribution is 5.69. The Bertz CT molecular complexity index is 253. The lowest BCUT2D eigenvalue weighted by Crippen LogP contribution is -2.50. The Kier molecular flexibility index (Phi) is 2.95. The first-order valence-electron chi connectivity index (χ1n) is 5.54. The third kappa shape index (κ3) is 2.00. The molecule has 0 radical (unpaired) electrons. The molecule has 2 aliphatic rings. The maximum absolute atomic E-state index is 11.7. The summed E-state index contributed by atoms with van der Waals surface area (Å²) in [4.78, 5) is 13.6. The fourth-order valence-electron chi connectivity index (χ4n) is 2.72. The van der Waals surface area contributed by atoms with Gasteiger partial charge in [-0.3, -0.25) is 0 Å². The maximum atomic E-state index is 11.7. The van der Waals surface area contributed by atoms with E-state index in [0.29, 0.717) is 18.7 Å². The van der Waals surface area contributed by atoms with Gasteiger partial charge >= 0.3 is 6.09 Å². The first-order chi connectivity index (χ1) is 7.22. The van der Waals surface area contributed by atoms with Crippen LogP contribution in [0.25, 0.3) is 0 Å². The van der Waals surface area contributed by atoms with Gasteiger partial charge in [-0.2, -0.15) is 0 Å². The molecule has 2 heterocycles. The van der Waals surface area contributed by atoms with Crippen molar-refractivity contribution >= 4 is 6.09 Å². The average molecular weight is 210 g/mol. The predicted molar refractivity (Wildman–Crippen MR) is 57.4 cm³/mol. The van der Waals surface area contributed by atoms with Gasteiger partial charge in [0.05, 0.1) is 0 Å². The summed E-state index contributed by atoms with van der Waals surface area (Å²) in [5.74, 6) is 0. The third-order valence-electron chi connectivity index (χ3n) is 3.31. The number of carbonyl (C=O) groups is 1. The van der Waals surface area contributed by atoms with E-state index in [0.717, 1.165) is 25.7 Å². The Hall–Kier alpha value is -1.03. The van der Waals surface area contributed by atoms with E-state index in [-0.39, 0.29) is 12.1 Å². The number of rotatable bonds is 2. The number of nitrogens with two attached hydrogens (primary N) is 1. The first kappa shape index (κ1) is 10.5. The largest absolute Gasteiger partial charge is 0.445 e. The molecule has 2 saturated heterocycles. The number of hydrogen-bond donors (Lipinski definition) is 1. The zero-order valence-corrected chi connectivity index (χ0v) is 8.89. The molecule has 15 heavy (non-hydrogen) atoms. The predicted octanol–water partition coefficient (Wildman–Crippen LogP) is 1.26. The van der Waals surface area contributed by atoms with E-state index in [4.69, 9.17) is 10.5 Å². The van der Waals surface area contributed by atoms with Crippen LogP contribution in [0.3, 0.4) is 0 Å². The molecule has 2 fully saturated rings. The van der Waals surface area contributed by atoms with E-state index in [2.05, 4.69) is 6.58 Å². The van der Waals surface area contributed by atoms with Crippen LogP contribution in [0, 0.1) is 0 Å². The molecule has 3 atom stereocenters. The number of ether oxygens (including phenoxy) is 1.